The van der Waals surface area contributed by atoms with Crippen molar-refractivity contribution in [1.29, 1.82) is 0 Å². The molecule has 1 aromatic heterocycles. The SMILES string of the molecule is CN(CCCCCO)C(=O)Cn1cc(N)cn1. The molecule has 0 saturated carbocycles. The zero-order chi connectivity index (χ0) is 12.7. The van der Waals surface area contributed by atoms with Gasteiger partial charge in [0.15, 0.2) is 0 Å². The van der Waals surface area contributed by atoms with Crippen molar-refractivity contribution in [3.8, 4) is 0 Å². The Morgan fingerprint density at radius 3 is 2.88 bits per heavy atom. The summed E-state index contributed by atoms with van der Waals surface area (Å²) in [5, 5.41) is 12.6. The van der Waals surface area contributed by atoms with E-state index in [4.69, 9.17) is 10.8 Å². The van der Waals surface area contributed by atoms with Crippen molar-refractivity contribution in [3.05, 3.63) is 12.4 Å². The maximum atomic E-state index is 11.8. The molecule has 6 heteroatoms. The number of nitrogens with zero attached hydrogens (tertiary/aromatic N) is 3. The molecule has 1 heterocycles. The summed E-state index contributed by atoms with van der Waals surface area (Å²) in [7, 11) is 1.77. The number of carbonyl (C=O) groups excluding carboxylic acids is 1. The first-order valence-electron chi connectivity index (χ1n) is 5.76. The van der Waals surface area contributed by atoms with Crippen LogP contribution in [0.15, 0.2) is 12.4 Å². The van der Waals surface area contributed by atoms with E-state index in [9.17, 15) is 4.79 Å². The lowest BCUT2D eigenvalue weighted by atomic mass is 10.2. The number of unbranched alkanes of at least 4 members (excludes halogenated alkanes) is 2. The highest BCUT2D eigenvalue weighted by Gasteiger charge is 2.09. The maximum absolute atomic E-state index is 11.8. The molecule has 0 bridgehead atoms. The second-order valence-corrected chi connectivity index (χ2v) is 4.07. The van der Waals surface area contributed by atoms with Crippen LogP contribution >= 0.6 is 0 Å². The number of hydrogen-bond acceptors (Lipinski definition) is 4. The molecule has 0 unspecified atom stereocenters. The monoisotopic (exact) mass is 240 g/mol. The van der Waals surface area contributed by atoms with Crippen molar-refractivity contribution >= 4 is 11.6 Å². The normalized spacial score (nSPS) is 10.5. The largest absolute Gasteiger partial charge is 0.396 e. The zero-order valence-electron chi connectivity index (χ0n) is 10.2. The summed E-state index contributed by atoms with van der Waals surface area (Å²) in [6.45, 7) is 1.13. The molecule has 0 aliphatic rings. The third-order valence-corrected chi connectivity index (χ3v) is 2.53. The number of hydrogen-bond donors (Lipinski definition) is 2. The van der Waals surface area contributed by atoms with Gasteiger partial charge in [-0.3, -0.25) is 9.48 Å². The fraction of sp³-hybridized carbons (Fsp3) is 0.636. The summed E-state index contributed by atoms with van der Waals surface area (Å²) >= 11 is 0. The van der Waals surface area contributed by atoms with Gasteiger partial charge in [-0.05, 0) is 19.3 Å². The van der Waals surface area contributed by atoms with Gasteiger partial charge in [-0.15, -0.1) is 0 Å². The molecule has 0 saturated heterocycles. The van der Waals surface area contributed by atoms with E-state index in [0.29, 0.717) is 12.2 Å². The quantitative estimate of drug-likeness (QED) is 0.661. The van der Waals surface area contributed by atoms with Crippen LogP contribution in [-0.2, 0) is 11.3 Å². The van der Waals surface area contributed by atoms with Crippen molar-refractivity contribution in [2.24, 2.45) is 0 Å². The van der Waals surface area contributed by atoms with Gasteiger partial charge < -0.3 is 15.7 Å². The fourth-order valence-corrected chi connectivity index (χ4v) is 1.49. The lowest BCUT2D eigenvalue weighted by Crippen LogP contribution is -2.31. The standard InChI is InChI=1S/C11H20N4O2/c1-14(5-3-2-4-6-16)11(17)9-15-8-10(12)7-13-15/h7-8,16H,2-6,9,12H2,1H3. The number of aromatic nitrogens is 2. The number of anilines is 1. The molecule has 0 spiro atoms. The first-order chi connectivity index (χ1) is 8.13. The summed E-state index contributed by atoms with van der Waals surface area (Å²) < 4.78 is 1.53. The van der Waals surface area contributed by atoms with Crippen LogP contribution in [0.25, 0.3) is 0 Å². The molecule has 1 amide bonds. The van der Waals surface area contributed by atoms with Crippen LogP contribution in [0, 0.1) is 0 Å². The number of likely N-dealkylation sites (N-methyl/N-ethyl adjacent to an activating group) is 1. The first-order valence-corrected chi connectivity index (χ1v) is 5.76. The van der Waals surface area contributed by atoms with Crippen LogP contribution in [0.1, 0.15) is 19.3 Å². The highest BCUT2D eigenvalue weighted by atomic mass is 16.2. The second kappa shape index (κ2) is 6.90. The Morgan fingerprint density at radius 2 is 2.29 bits per heavy atom. The minimum absolute atomic E-state index is 0.0112. The van der Waals surface area contributed by atoms with Gasteiger partial charge in [0.2, 0.25) is 5.91 Å². The number of nitrogens with two attached hydrogens (primary N) is 1. The van der Waals surface area contributed by atoms with E-state index >= 15 is 0 Å². The molecular formula is C11H20N4O2. The molecule has 1 rings (SSSR count). The molecule has 6 nitrogen and oxygen atoms in total. The van der Waals surface area contributed by atoms with E-state index < -0.39 is 0 Å². The van der Waals surface area contributed by atoms with Gasteiger partial charge >= 0.3 is 0 Å². The van der Waals surface area contributed by atoms with Gasteiger partial charge in [0.1, 0.15) is 6.54 Å². The third kappa shape index (κ3) is 4.86. The molecule has 0 aromatic carbocycles. The Hall–Kier alpha value is -1.56. The number of aliphatic hydroxyl groups is 1. The Bertz CT molecular complexity index is 351. The molecule has 0 aliphatic carbocycles. The minimum Gasteiger partial charge on any atom is -0.396 e. The Labute approximate surface area is 101 Å². The predicted octanol–water partition coefficient (Wildman–Crippen LogP) is 0.0863. The summed E-state index contributed by atoms with van der Waals surface area (Å²) in [5.41, 5.74) is 6.07. The van der Waals surface area contributed by atoms with Crippen LogP contribution in [0.2, 0.25) is 0 Å². The van der Waals surface area contributed by atoms with Crippen LogP contribution in [0.5, 0.6) is 0 Å². The Balaban J connectivity index is 2.27. The van der Waals surface area contributed by atoms with E-state index in [1.165, 1.54) is 10.9 Å². The number of rotatable bonds is 7. The molecule has 96 valence electrons. The van der Waals surface area contributed by atoms with Gasteiger partial charge in [0.25, 0.3) is 0 Å². The van der Waals surface area contributed by atoms with Crippen LogP contribution in [0.4, 0.5) is 5.69 Å². The Kier molecular flexibility index (Phi) is 5.48. The van der Waals surface area contributed by atoms with Gasteiger partial charge in [0.05, 0.1) is 11.9 Å². The van der Waals surface area contributed by atoms with E-state index in [1.807, 2.05) is 0 Å². The molecular weight excluding hydrogens is 220 g/mol. The molecule has 17 heavy (non-hydrogen) atoms. The lowest BCUT2D eigenvalue weighted by molar-refractivity contribution is -0.130. The van der Waals surface area contributed by atoms with E-state index in [0.717, 1.165) is 19.3 Å². The van der Waals surface area contributed by atoms with Gasteiger partial charge in [-0.2, -0.15) is 5.10 Å². The number of nitrogen functional groups attached to an aromatic ring is 1. The average molecular weight is 240 g/mol. The van der Waals surface area contributed by atoms with Crippen molar-refractivity contribution in [2.45, 2.75) is 25.8 Å². The molecule has 1 aromatic rings. The molecule has 0 radical (unpaired) electrons. The highest BCUT2D eigenvalue weighted by molar-refractivity contribution is 5.75. The van der Waals surface area contributed by atoms with Gasteiger partial charge in [0, 0.05) is 26.4 Å². The number of aliphatic hydroxyl groups excluding tert-OH is 1. The summed E-state index contributed by atoms with van der Waals surface area (Å²) in [4.78, 5) is 13.4. The van der Waals surface area contributed by atoms with E-state index in [-0.39, 0.29) is 19.1 Å². The first kappa shape index (κ1) is 13.5. The number of carbonyl (C=O) groups is 1. The maximum Gasteiger partial charge on any atom is 0.244 e. The predicted molar refractivity (Wildman–Crippen MR) is 65.2 cm³/mol. The second-order valence-electron chi connectivity index (χ2n) is 4.07. The molecule has 3 N–H and O–H groups in total. The average Bonchev–Trinajstić information content (AvgIpc) is 2.70. The minimum atomic E-state index is 0.0112. The van der Waals surface area contributed by atoms with Crippen molar-refractivity contribution < 1.29 is 9.90 Å². The molecule has 0 aliphatic heterocycles. The van der Waals surface area contributed by atoms with E-state index in [1.54, 1.807) is 18.1 Å². The molecule has 0 fully saturated rings. The van der Waals surface area contributed by atoms with Crippen LogP contribution in [-0.4, -0.2) is 45.9 Å². The lowest BCUT2D eigenvalue weighted by Gasteiger charge is -2.16. The summed E-state index contributed by atoms with van der Waals surface area (Å²) in [5.74, 6) is 0.0112. The molecule has 0 atom stereocenters. The van der Waals surface area contributed by atoms with Gasteiger partial charge in [-0.1, -0.05) is 0 Å². The third-order valence-electron chi connectivity index (χ3n) is 2.53. The van der Waals surface area contributed by atoms with Gasteiger partial charge in [-0.25, -0.2) is 0 Å². The smallest absolute Gasteiger partial charge is 0.244 e. The van der Waals surface area contributed by atoms with Crippen molar-refractivity contribution in [2.75, 3.05) is 25.9 Å². The topological polar surface area (TPSA) is 84.4 Å². The summed E-state index contributed by atoms with van der Waals surface area (Å²) in [6, 6.07) is 0. The van der Waals surface area contributed by atoms with Crippen LogP contribution in [0.3, 0.4) is 0 Å². The van der Waals surface area contributed by atoms with Crippen LogP contribution < -0.4 is 5.73 Å². The zero-order valence-corrected chi connectivity index (χ0v) is 10.2. The fourth-order valence-electron chi connectivity index (χ4n) is 1.49. The summed E-state index contributed by atoms with van der Waals surface area (Å²) in [6.07, 6.45) is 5.79. The van der Waals surface area contributed by atoms with E-state index in [2.05, 4.69) is 5.10 Å². The Morgan fingerprint density at radius 1 is 1.53 bits per heavy atom. The van der Waals surface area contributed by atoms with Crippen molar-refractivity contribution in [3.63, 3.8) is 0 Å². The highest BCUT2D eigenvalue weighted by Crippen LogP contribution is 2.01. The number of amides is 1. The van der Waals surface area contributed by atoms with Crippen molar-refractivity contribution in [1.82, 2.24) is 14.7 Å².